The van der Waals surface area contributed by atoms with Crippen molar-refractivity contribution in [3.8, 4) is 5.69 Å². The zero-order valence-electron chi connectivity index (χ0n) is 17.8. The molecule has 0 radical (unpaired) electrons. The van der Waals surface area contributed by atoms with Gasteiger partial charge in [-0.05, 0) is 36.4 Å². The topological polar surface area (TPSA) is 246 Å². The summed E-state index contributed by atoms with van der Waals surface area (Å²) in [5.74, 6) is 12.6. The average Bonchev–Trinajstić information content (AvgIpc) is 3.46. The molecule has 0 atom stereocenters. The van der Waals surface area contributed by atoms with Crippen LogP contribution in [0.1, 0.15) is 10.5 Å². The summed E-state index contributed by atoms with van der Waals surface area (Å²) in [4.78, 5) is 11.7. The molecular weight excluding hydrogens is 424 g/mol. The average molecular weight is 453 g/mol. The van der Waals surface area contributed by atoms with Crippen molar-refractivity contribution in [3.63, 3.8) is 0 Å². The van der Waals surface area contributed by atoms with Gasteiger partial charge >= 0.3 is 0 Å². The summed E-state index contributed by atoms with van der Waals surface area (Å²) in [5, 5.41) is 12.7. The van der Waals surface area contributed by atoms with Gasteiger partial charge in [0.2, 0.25) is 0 Å². The van der Waals surface area contributed by atoms with Crippen molar-refractivity contribution in [2.45, 2.75) is 0 Å². The second-order valence-electron chi connectivity index (χ2n) is 6.27. The molecule has 12 heteroatoms. The number of carbonyl (C=O) groups excluding carboxylic acids is 1. The van der Waals surface area contributed by atoms with Crippen molar-refractivity contribution in [2.24, 2.45) is 23.3 Å². The Hall–Kier alpha value is -4.33. The van der Waals surface area contributed by atoms with Crippen molar-refractivity contribution in [2.75, 3.05) is 5.43 Å². The Morgan fingerprint density at radius 2 is 1.52 bits per heavy atom. The molecule has 2 aromatic heterocycles. The van der Waals surface area contributed by atoms with Crippen molar-refractivity contribution < 1.29 is 10.3 Å². The summed E-state index contributed by atoms with van der Waals surface area (Å²) in [7, 11) is 0. The molecule has 0 spiro atoms. The highest BCUT2D eigenvalue weighted by Crippen LogP contribution is 2.28. The zero-order valence-corrected chi connectivity index (χ0v) is 17.8. The van der Waals surface area contributed by atoms with Gasteiger partial charge in [-0.2, -0.15) is 10.2 Å². The number of H-pyrrole nitrogens is 1. The van der Waals surface area contributed by atoms with Crippen molar-refractivity contribution in [1.82, 2.24) is 26.1 Å². The van der Waals surface area contributed by atoms with Gasteiger partial charge in [-0.15, -0.1) is 0 Å². The van der Waals surface area contributed by atoms with E-state index in [2.05, 4.69) is 32.4 Å². The largest absolute Gasteiger partial charge is 0.412 e. The standard InChI is InChI=1S/C15H11N5O.C6H8N2.H4N2.H3N.H2O/c16-15(21)13-10-6-7-12-11(8-17-18-12)14(10)20(19-13)9-4-2-1-3-5-9;7-8-6-4-2-1-3-5-6;1-2;;/h1-8,19H,(H2,16,21);1-5,8H,7H2;1-2H2;1H3;1H2. The first-order chi connectivity index (χ1) is 15.2. The number of para-hydroxylation sites is 2. The number of nitrogens with zero attached hydrogens (tertiary/aromatic N) is 3. The molecule has 0 fully saturated rings. The molecule has 174 valence electrons. The van der Waals surface area contributed by atoms with Gasteiger partial charge < -0.3 is 22.8 Å². The third kappa shape index (κ3) is 5.68. The third-order valence-electron chi connectivity index (χ3n) is 4.46. The third-order valence-corrected chi connectivity index (χ3v) is 4.46. The summed E-state index contributed by atoms with van der Waals surface area (Å²) in [6, 6.07) is 23.0. The maximum absolute atomic E-state index is 11.7. The summed E-state index contributed by atoms with van der Waals surface area (Å²) in [6.07, 6.45) is 1.69. The fourth-order valence-corrected chi connectivity index (χ4v) is 3.12. The van der Waals surface area contributed by atoms with Crippen LogP contribution in [-0.2, 0) is 0 Å². The molecule has 15 N–H and O–H groups in total. The lowest BCUT2D eigenvalue weighted by Crippen LogP contribution is -2.12. The summed E-state index contributed by atoms with van der Waals surface area (Å²) >= 11 is 0. The number of primary amides is 1. The first kappa shape index (κ1) is 26.7. The number of aromatic amines is 1. The monoisotopic (exact) mass is 452 g/mol. The van der Waals surface area contributed by atoms with Crippen LogP contribution in [-0.4, -0.2) is 31.4 Å². The van der Waals surface area contributed by atoms with E-state index in [0.29, 0.717) is 5.69 Å². The SMILES string of the molecule is N.NC(=O)c1[nH]n(-c2ccccc2)c2c1ccc1nncc12.NN.NNc1ccccc1.O. The summed E-state index contributed by atoms with van der Waals surface area (Å²) in [6.45, 7) is 0. The lowest BCUT2D eigenvalue weighted by atomic mass is 10.1. The van der Waals surface area contributed by atoms with Gasteiger partial charge in [-0.25, -0.2) is 0 Å². The number of aromatic nitrogens is 4. The van der Waals surface area contributed by atoms with Crippen LogP contribution in [0.4, 0.5) is 5.69 Å². The number of nitrogen functional groups attached to an aromatic ring is 1. The van der Waals surface area contributed by atoms with E-state index >= 15 is 0 Å². The molecule has 0 saturated heterocycles. The Morgan fingerprint density at radius 1 is 0.909 bits per heavy atom. The number of amides is 1. The molecule has 1 amide bonds. The highest BCUT2D eigenvalue weighted by molar-refractivity contribution is 6.12. The van der Waals surface area contributed by atoms with Crippen LogP contribution in [0, 0.1) is 0 Å². The summed E-state index contributed by atoms with van der Waals surface area (Å²) in [5.41, 5.74) is 11.8. The minimum atomic E-state index is -0.499. The van der Waals surface area contributed by atoms with Crippen LogP contribution in [0.3, 0.4) is 0 Å². The number of hydrogen-bond acceptors (Lipinski definition) is 8. The molecule has 12 nitrogen and oxygen atoms in total. The number of nitrogens with one attached hydrogen (secondary N) is 2. The smallest absolute Gasteiger partial charge is 0.267 e. The fourth-order valence-electron chi connectivity index (χ4n) is 3.12. The molecule has 3 aromatic carbocycles. The molecule has 0 saturated carbocycles. The van der Waals surface area contributed by atoms with E-state index in [9.17, 15) is 4.79 Å². The van der Waals surface area contributed by atoms with Gasteiger partial charge in [-0.1, -0.05) is 36.4 Å². The van der Waals surface area contributed by atoms with Crippen molar-refractivity contribution in [1.29, 1.82) is 0 Å². The minimum Gasteiger partial charge on any atom is -0.412 e. The number of hydrogen-bond donors (Lipinski definition) is 7. The normalized spacial score (nSPS) is 9.42. The van der Waals surface area contributed by atoms with Crippen molar-refractivity contribution in [3.05, 3.63) is 84.7 Å². The maximum Gasteiger partial charge on any atom is 0.267 e. The van der Waals surface area contributed by atoms with Gasteiger partial charge in [-0.3, -0.25) is 32.1 Å². The number of hydrazine groups is 2. The molecule has 33 heavy (non-hydrogen) atoms. The van der Waals surface area contributed by atoms with E-state index in [1.807, 2.05) is 77.5 Å². The second-order valence-corrected chi connectivity index (χ2v) is 6.27. The predicted octanol–water partition coefficient (Wildman–Crippen LogP) is 1.13. The second kappa shape index (κ2) is 12.5. The molecule has 5 aromatic rings. The molecule has 5 rings (SSSR count). The van der Waals surface area contributed by atoms with Gasteiger partial charge in [0.1, 0.15) is 5.69 Å². The van der Waals surface area contributed by atoms with Crippen LogP contribution >= 0.6 is 0 Å². The maximum atomic E-state index is 11.7. The molecule has 0 aliphatic carbocycles. The van der Waals surface area contributed by atoms with Crippen LogP contribution in [0.25, 0.3) is 27.5 Å². The highest BCUT2D eigenvalue weighted by atomic mass is 16.1. The van der Waals surface area contributed by atoms with Gasteiger partial charge in [0, 0.05) is 16.5 Å². The Bertz CT molecular complexity index is 1270. The van der Waals surface area contributed by atoms with E-state index < -0.39 is 5.91 Å². The number of nitrogens with two attached hydrogens (primary N) is 4. The van der Waals surface area contributed by atoms with Gasteiger partial charge in [0.25, 0.3) is 5.91 Å². The minimum absolute atomic E-state index is 0. The van der Waals surface area contributed by atoms with Crippen LogP contribution in [0.15, 0.2) is 79.0 Å². The lowest BCUT2D eigenvalue weighted by molar-refractivity contribution is 0.0996. The number of fused-ring (bicyclic) bond motifs is 3. The quantitative estimate of drug-likeness (QED) is 0.154. The fraction of sp³-hybridized carbons (Fsp3) is 0. The van der Waals surface area contributed by atoms with Crippen molar-refractivity contribution >= 4 is 33.4 Å². The molecular formula is C21H28N10O2. The lowest BCUT2D eigenvalue weighted by Gasteiger charge is -2.04. The van der Waals surface area contributed by atoms with Gasteiger partial charge in [0.05, 0.1) is 22.9 Å². The van der Waals surface area contributed by atoms with E-state index in [1.54, 1.807) is 6.20 Å². The Morgan fingerprint density at radius 3 is 2.06 bits per heavy atom. The Balaban J connectivity index is 0.000000388. The molecule has 2 heterocycles. The van der Waals surface area contributed by atoms with Crippen LogP contribution < -0.4 is 34.8 Å². The highest BCUT2D eigenvalue weighted by Gasteiger charge is 2.17. The molecule has 0 aliphatic heterocycles. The van der Waals surface area contributed by atoms with E-state index in [0.717, 1.165) is 33.2 Å². The molecule has 0 aliphatic rings. The number of carbonyl (C=O) groups is 1. The first-order valence-corrected chi connectivity index (χ1v) is 9.24. The Labute approximate surface area is 189 Å². The Kier molecular flexibility index (Phi) is 10.1. The molecule has 0 bridgehead atoms. The van der Waals surface area contributed by atoms with Crippen LogP contribution in [0.5, 0.6) is 0 Å². The first-order valence-electron chi connectivity index (χ1n) is 9.24. The molecule has 0 unspecified atom stereocenters. The van der Waals surface area contributed by atoms with Gasteiger partial charge in [0.15, 0.2) is 0 Å². The number of benzene rings is 3. The number of anilines is 1. The van der Waals surface area contributed by atoms with Crippen LogP contribution in [0.2, 0.25) is 0 Å². The number of rotatable bonds is 3. The summed E-state index contributed by atoms with van der Waals surface area (Å²) < 4.78 is 1.83. The predicted molar refractivity (Wildman–Crippen MR) is 131 cm³/mol. The van der Waals surface area contributed by atoms with E-state index in [-0.39, 0.29) is 11.6 Å². The zero-order chi connectivity index (χ0) is 22.2. The van der Waals surface area contributed by atoms with E-state index in [1.165, 1.54) is 0 Å². The van der Waals surface area contributed by atoms with E-state index in [4.69, 9.17) is 11.6 Å².